The van der Waals surface area contributed by atoms with Gasteiger partial charge in [0.25, 0.3) is 5.91 Å². The van der Waals surface area contributed by atoms with E-state index in [1.54, 1.807) is 24.3 Å². The Morgan fingerprint density at radius 3 is 2.44 bits per heavy atom. The van der Waals surface area contributed by atoms with Crippen LogP contribution in [0.4, 0.5) is 5.69 Å². The van der Waals surface area contributed by atoms with E-state index in [0.717, 1.165) is 38.5 Å². The highest BCUT2D eigenvalue weighted by atomic mass is 16.5. The smallest absolute Gasteiger partial charge is 0.310 e. The molecule has 0 bridgehead atoms. The highest BCUT2D eigenvalue weighted by molar-refractivity contribution is 6.00. The lowest BCUT2D eigenvalue weighted by Crippen LogP contribution is -2.56. The first-order valence-corrected chi connectivity index (χ1v) is 9.42. The fourth-order valence-electron chi connectivity index (χ4n) is 4.34. The zero-order chi connectivity index (χ0) is 19.4. The molecule has 144 valence electrons. The third-order valence-corrected chi connectivity index (χ3v) is 5.83. The summed E-state index contributed by atoms with van der Waals surface area (Å²) >= 11 is 0. The van der Waals surface area contributed by atoms with Crippen LogP contribution in [0.25, 0.3) is 0 Å². The number of carbonyl (C=O) groups is 3. The summed E-state index contributed by atoms with van der Waals surface area (Å²) < 4.78 is 4.91. The molecule has 1 saturated carbocycles. The molecule has 1 heterocycles. The van der Waals surface area contributed by atoms with Crippen molar-refractivity contribution in [3.05, 3.63) is 42.5 Å². The molecular formula is C21H26N2O4. The SMILES string of the molecule is C=CC(=O)Nc1ccc(C(=O)N2CC(C(=O)OC)CCC23CCCC3)cc1. The second-order valence-electron chi connectivity index (χ2n) is 7.38. The van der Waals surface area contributed by atoms with Crippen LogP contribution in [-0.4, -0.2) is 41.9 Å². The van der Waals surface area contributed by atoms with E-state index < -0.39 is 0 Å². The number of rotatable bonds is 4. The highest BCUT2D eigenvalue weighted by Gasteiger charge is 2.47. The van der Waals surface area contributed by atoms with Crippen molar-refractivity contribution in [3.63, 3.8) is 0 Å². The third-order valence-electron chi connectivity index (χ3n) is 5.83. The van der Waals surface area contributed by atoms with Crippen LogP contribution in [-0.2, 0) is 14.3 Å². The number of piperidine rings is 1. The first-order valence-electron chi connectivity index (χ1n) is 9.42. The summed E-state index contributed by atoms with van der Waals surface area (Å²) in [4.78, 5) is 38.6. The molecule has 1 spiro atoms. The van der Waals surface area contributed by atoms with Crippen LogP contribution in [0.15, 0.2) is 36.9 Å². The van der Waals surface area contributed by atoms with Crippen LogP contribution in [0.1, 0.15) is 48.9 Å². The fourth-order valence-corrected chi connectivity index (χ4v) is 4.34. The number of nitrogens with zero attached hydrogens (tertiary/aromatic N) is 1. The van der Waals surface area contributed by atoms with Crippen molar-refractivity contribution in [2.24, 2.45) is 5.92 Å². The summed E-state index contributed by atoms with van der Waals surface area (Å²) in [7, 11) is 1.39. The predicted molar refractivity (Wildman–Crippen MR) is 102 cm³/mol. The Labute approximate surface area is 159 Å². The summed E-state index contributed by atoms with van der Waals surface area (Å²) in [5.41, 5.74) is 1.03. The van der Waals surface area contributed by atoms with Crippen molar-refractivity contribution in [3.8, 4) is 0 Å². The van der Waals surface area contributed by atoms with Gasteiger partial charge in [-0.3, -0.25) is 14.4 Å². The molecule has 27 heavy (non-hydrogen) atoms. The minimum absolute atomic E-state index is 0.0629. The van der Waals surface area contributed by atoms with E-state index in [1.807, 2.05) is 4.90 Å². The molecule has 1 aliphatic carbocycles. The molecule has 1 N–H and O–H groups in total. The van der Waals surface area contributed by atoms with E-state index >= 15 is 0 Å². The molecule has 2 aliphatic rings. The number of nitrogens with one attached hydrogen (secondary N) is 1. The second kappa shape index (κ2) is 7.94. The van der Waals surface area contributed by atoms with Gasteiger partial charge in [0.15, 0.2) is 0 Å². The van der Waals surface area contributed by atoms with Crippen molar-refractivity contribution >= 4 is 23.5 Å². The number of esters is 1. The van der Waals surface area contributed by atoms with Gasteiger partial charge in [-0.15, -0.1) is 0 Å². The van der Waals surface area contributed by atoms with Crippen LogP contribution >= 0.6 is 0 Å². The number of hydrogen-bond acceptors (Lipinski definition) is 4. The number of amides is 2. The molecule has 1 aromatic carbocycles. The molecule has 1 aromatic rings. The second-order valence-corrected chi connectivity index (χ2v) is 7.38. The van der Waals surface area contributed by atoms with Gasteiger partial charge in [0.1, 0.15) is 0 Å². The van der Waals surface area contributed by atoms with Crippen molar-refractivity contribution in [2.75, 3.05) is 19.0 Å². The van der Waals surface area contributed by atoms with Gasteiger partial charge in [-0.05, 0) is 56.0 Å². The number of methoxy groups -OCH3 is 1. The minimum atomic E-state index is -0.295. The topological polar surface area (TPSA) is 75.7 Å². The number of benzene rings is 1. The molecule has 0 radical (unpaired) electrons. The quantitative estimate of drug-likeness (QED) is 0.653. The lowest BCUT2D eigenvalue weighted by molar-refractivity contribution is -0.148. The maximum atomic E-state index is 13.3. The van der Waals surface area contributed by atoms with Gasteiger partial charge in [-0.2, -0.15) is 0 Å². The standard InChI is InChI=1S/C21H26N2O4/c1-3-18(24)22-17-8-6-15(7-9-17)19(25)23-14-16(20(26)27-2)10-13-21(23)11-4-5-12-21/h3,6-9,16H,1,4-5,10-14H2,2H3,(H,22,24). The van der Waals surface area contributed by atoms with E-state index in [2.05, 4.69) is 11.9 Å². The first-order chi connectivity index (χ1) is 13.0. The van der Waals surface area contributed by atoms with Crippen LogP contribution in [0.2, 0.25) is 0 Å². The van der Waals surface area contributed by atoms with Crippen LogP contribution < -0.4 is 5.32 Å². The molecule has 1 unspecified atom stereocenters. The Morgan fingerprint density at radius 2 is 1.85 bits per heavy atom. The van der Waals surface area contributed by atoms with Gasteiger partial charge < -0.3 is 15.0 Å². The number of anilines is 1. The number of ether oxygens (including phenoxy) is 1. The Morgan fingerprint density at radius 1 is 1.19 bits per heavy atom. The molecule has 1 atom stereocenters. The van der Waals surface area contributed by atoms with E-state index in [0.29, 0.717) is 17.8 Å². The molecule has 2 amide bonds. The summed E-state index contributed by atoms with van der Waals surface area (Å²) in [5, 5.41) is 2.67. The van der Waals surface area contributed by atoms with E-state index in [9.17, 15) is 14.4 Å². The molecule has 6 heteroatoms. The van der Waals surface area contributed by atoms with Crippen LogP contribution in [0.3, 0.4) is 0 Å². The molecule has 0 aromatic heterocycles. The van der Waals surface area contributed by atoms with Gasteiger partial charge in [0, 0.05) is 23.3 Å². The maximum absolute atomic E-state index is 13.3. The first kappa shape index (κ1) is 19.1. The van der Waals surface area contributed by atoms with Gasteiger partial charge >= 0.3 is 5.97 Å². The third kappa shape index (κ3) is 3.89. The van der Waals surface area contributed by atoms with Gasteiger partial charge in [-0.25, -0.2) is 0 Å². The summed E-state index contributed by atoms with van der Waals surface area (Å²) in [6, 6.07) is 6.84. The number of carbonyl (C=O) groups excluding carboxylic acids is 3. The normalized spacial score (nSPS) is 20.9. The lowest BCUT2D eigenvalue weighted by Gasteiger charge is -2.47. The lowest BCUT2D eigenvalue weighted by atomic mass is 9.80. The van der Waals surface area contributed by atoms with Crippen molar-refractivity contribution in [1.29, 1.82) is 0 Å². The fraction of sp³-hybridized carbons (Fsp3) is 0.476. The van der Waals surface area contributed by atoms with Gasteiger partial charge in [0.05, 0.1) is 13.0 Å². The largest absolute Gasteiger partial charge is 0.469 e. The van der Waals surface area contributed by atoms with E-state index in [1.165, 1.54) is 13.2 Å². The number of likely N-dealkylation sites (tertiary alicyclic amines) is 1. The summed E-state index contributed by atoms with van der Waals surface area (Å²) in [6.07, 6.45) is 7.00. The van der Waals surface area contributed by atoms with E-state index in [-0.39, 0.29) is 29.2 Å². The summed E-state index contributed by atoms with van der Waals surface area (Å²) in [6.45, 7) is 3.83. The van der Waals surface area contributed by atoms with Gasteiger partial charge in [0.2, 0.25) is 5.91 Å². The molecule has 1 aliphatic heterocycles. The Balaban J connectivity index is 1.81. The molecule has 2 fully saturated rings. The minimum Gasteiger partial charge on any atom is -0.469 e. The summed E-state index contributed by atoms with van der Waals surface area (Å²) in [5.74, 6) is -0.873. The molecule has 6 nitrogen and oxygen atoms in total. The van der Waals surface area contributed by atoms with Crippen molar-refractivity contribution in [1.82, 2.24) is 4.90 Å². The number of hydrogen-bond donors (Lipinski definition) is 1. The molecular weight excluding hydrogens is 344 g/mol. The monoisotopic (exact) mass is 370 g/mol. The molecule has 1 saturated heterocycles. The Hall–Kier alpha value is -2.63. The average molecular weight is 370 g/mol. The van der Waals surface area contributed by atoms with Gasteiger partial charge in [-0.1, -0.05) is 19.4 Å². The maximum Gasteiger partial charge on any atom is 0.310 e. The predicted octanol–water partition coefficient (Wildman–Crippen LogP) is 3.15. The van der Waals surface area contributed by atoms with E-state index in [4.69, 9.17) is 4.74 Å². The zero-order valence-electron chi connectivity index (χ0n) is 15.7. The van der Waals surface area contributed by atoms with Crippen LogP contribution in [0.5, 0.6) is 0 Å². The van der Waals surface area contributed by atoms with Crippen molar-refractivity contribution < 1.29 is 19.1 Å². The van der Waals surface area contributed by atoms with Crippen LogP contribution in [0, 0.1) is 5.92 Å². The zero-order valence-corrected chi connectivity index (χ0v) is 15.7. The Kier molecular flexibility index (Phi) is 5.63. The van der Waals surface area contributed by atoms with Crippen molar-refractivity contribution in [2.45, 2.75) is 44.1 Å². The molecule has 3 rings (SSSR count). The highest BCUT2D eigenvalue weighted by Crippen LogP contribution is 2.44. The Bertz CT molecular complexity index is 735. The average Bonchev–Trinajstić information content (AvgIpc) is 3.16.